The van der Waals surface area contributed by atoms with Gasteiger partial charge >= 0.3 is 0 Å². The molecule has 1 aliphatic carbocycles. The SMILES string of the molecule is C/C=C/CC(CC1CC1C)C(=O)NCC. The third-order valence-corrected chi connectivity index (χ3v) is 3.24. The summed E-state index contributed by atoms with van der Waals surface area (Å²) < 4.78 is 0. The standard InChI is InChI=1S/C13H23NO/c1-4-6-7-11(13(15)14-5-2)9-12-8-10(12)3/h4,6,10-12H,5,7-9H2,1-3H3,(H,14,15)/b6-4+. The van der Waals surface area contributed by atoms with Crippen LogP contribution in [0.3, 0.4) is 0 Å². The largest absolute Gasteiger partial charge is 0.356 e. The second-order valence-electron chi connectivity index (χ2n) is 4.61. The Hall–Kier alpha value is -0.790. The highest BCUT2D eigenvalue weighted by molar-refractivity contribution is 5.78. The van der Waals surface area contributed by atoms with Crippen molar-refractivity contribution < 1.29 is 4.79 Å². The van der Waals surface area contributed by atoms with E-state index in [1.807, 2.05) is 19.9 Å². The minimum Gasteiger partial charge on any atom is -0.356 e. The number of hydrogen-bond donors (Lipinski definition) is 1. The fourth-order valence-electron chi connectivity index (χ4n) is 2.02. The van der Waals surface area contributed by atoms with Crippen molar-refractivity contribution in [3.05, 3.63) is 12.2 Å². The second-order valence-corrected chi connectivity index (χ2v) is 4.61. The van der Waals surface area contributed by atoms with Gasteiger partial charge in [0.05, 0.1) is 0 Å². The molecular formula is C13H23NO. The molecule has 3 unspecified atom stereocenters. The Labute approximate surface area is 93.1 Å². The molecule has 0 aromatic heterocycles. The van der Waals surface area contributed by atoms with Crippen LogP contribution < -0.4 is 5.32 Å². The lowest BCUT2D eigenvalue weighted by Crippen LogP contribution is -2.30. The average molecular weight is 209 g/mol. The molecule has 1 fully saturated rings. The summed E-state index contributed by atoms with van der Waals surface area (Å²) >= 11 is 0. The van der Waals surface area contributed by atoms with Crippen molar-refractivity contribution in [2.45, 2.75) is 40.0 Å². The molecule has 0 aromatic carbocycles. The van der Waals surface area contributed by atoms with E-state index in [9.17, 15) is 4.79 Å². The van der Waals surface area contributed by atoms with E-state index < -0.39 is 0 Å². The van der Waals surface area contributed by atoms with E-state index in [2.05, 4.69) is 18.3 Å². The van der Waals surface area contributed by atoms with Gasteiger partial charge in [-0.15, -0.1) is 0 Å². The Balaban J connectivity index is 2.40. The summed E-state index contributed by atoms with van der Waals surface area (Å²) in [6.07, 6.45) is 7.41. The molecule has 0 aliphatic heterocycles. The van der Waals surface area contributed by atoms with Crippen LogP contribution in [0, 0.1) is 17.8 Å². The van der Waals surface area contributed by atoms with Gasteiger partial charge in [-0.3, -0.25) is 4.79 Å². The quantitative estimate of drug-likeness (QED) is 0.670. The zero-order chi connectivity index (χ0) is 11.3. The van der Waals surface area contributed by atoms with Gasteiger partial charge in [-0.25, -0.2) is 0 Å². The molecule has 1 N–H and O–H groups in total. The van der Waals surface area contributed by atoms with Gasteiger partial charge in [-0.05, 0) is 44.9 Å². The van der Waals surface area contributed by atoms with Crippen molar-refractivity contribution in [3.63, 3.8) is 0 Å². The summed E-state index contributed by atoms with van der Waals surface area (Å²) in [5.74, 6) is 2.06. The number of carbonyl (C=O) groups excluding carboxylic acids is 1. The number of carbonyl (C=O) groups is 1. The third-order valence-electron chi connectivity index (χ3n) is 3.24. The molecule has 1 amide bonds. The van der Waals surface area contributed by atoms with E-state index in [4.69, 9.17) is 0 Å². The predicted molar refractivity (Wildman–Crippen MR) is 63.5 cm³/mol. The second kappa shape index (κ2) is 5.94. The Morgan fingerprint density at radius 3 is 2.73 bits per heavy atom. The van der Waals surface area contributed by atoms with Gasteiger partial charge in [0, 0.05) is 12.5 Å². The average Bonchev–Trinajstić information content (AvgIpc) is 2.89. The zero-order valence-corrected chi connectivity index (χ0v) is 10.1. The molecule has 1 rings (SSSR count). The van der Waals surface area contributed by atoms with Crippen LogP contribution in [-0.4, -0.2) is 12.5 Å². The Morgan fingerprint density at radius 2 is 2.27 bits per heavy atom. The van der Waals surface area contributed by atoms with Crippen molar-refractivity contribution in [1.29, 1.82) is 0 Å². The first-order valence-corrected chi connectivity index (χ1v) is 6.07. The summed E-state index contributed by atoms with van der Waals surface area (Å²) in [6, 6.07) is 0. The maximum atomic E-state index is 11.8. The van der Waals surface area contributed by atoms with E-state index in [-0.39, 0.29) is 11.8 Å². The fraction of sp³-hybridized carbons (Fsp3) is 0.769. The van der Waals surface area contributed by atoms with E-state index >= 15 is 0 Å². The van der Waals surface area contributed by atoms with Gasteiger partial charge < -0.3 is 5.32 Å². The van der Waals surface area contributed by atoms with Crippen molar-refractivity contribution in [2.24, 2.45) is 17.8 Å². The molecule has 2 nitrogen and oxygen atoms in total. The number of hydrogen-bond acceptors (Lipinski definition) is 1. The molecule has 1 aliphatic rings. The molecule has 1 saturated carbocycles. The van der Waals surface area contributed by atoms with Gasteiger partial charge in [0.1, 0.15) is 0 Å². The van der Waals surface area contributed by atoms with Crippen LogP contribution in [0.4, 0.5) is 0 Å². The molecule has 0 heterocycles. The summed E-state index contributed by atoms with van der Waals surface area (Å²) in [5.41, 5.74) is 0. The Bertz CT molecular complexity index is 235. The minimum absolute atomic E-state index is 0.191. The van der Waals surface area contributed by atoms with E-state index in [1.54, 1.807) is 0 Å². The summed E-state index contributed by atoms with van der Waals surface area (Å²) in [5, 5.41) is 2.93. The number of amides is 1. The lowest BCUT2D eigenvalue weighted by atomic mass is 9.96. The van der Waals surface area contributed by atoms with Crippen molar-refractivity contribution in [2.75, 3.05) is 6.54 Å². The first-order valence-electron chi connectivity index (χ1n) is 6.07. The maximum Gasteiger partial charge on any atom is 0.223 e. The van der Waals surface area contributed by atoms with E-state index in [1.165, 1.54) is 6.42 Å². The Morgan fingerprint density at radius 1 is 1.60 bits per heavy atom. The lowest BCUT2D eigenvalue weighted by molar-refractivity contribution is -0.125. The van der Waals surface area contributed by atoms with Crippen molar-refractivity contribution in [3.8, 4) is 0 Å². The maximum absolute atomic E-state index is 11.8. The van der Waals surface area contributed by atoms with Gasteiger partial charge in [-0.1, -0.05) is 19.1 Å². The van der Waals surface area contributed by atoms with Crippen molar-refractivity contribution in [1.82, 2.24) is 5.32 Å². The molecular weight excluding hydrogens is 186 g/mol. The topological polar surface area (TPSA) is 29.1 Å². The number of nitrogens with one attached hydrogen (secondary N) is 1. The smallest absolute Gasteiger partial charge is 0.223 e. The molecule has 0 spiro atoms. The van der Waals surface area contributed by atoms with E-state index in [0.29, 0.717) is 0 Å². The monoisotopic (exact) mass is 209 g/mol. The highest BCUT2D eigenvalue weighted by atomic mass is 16.1. The molecule has 0 bridgehead atoms. The van der Waals surface area contributed by atoms with Crippen LogP contribution in [-0.2, 0) is 4.79 Å². The highest BCUT2D eigenvalue weighted by Crippen LogP contribution is 2.43. The zero-order valence-electron chi connectivity index (χ0n) is 10.1. The molecule has 3 atom stereocenters. The van der Waals surface area contributed by atoms with Gasteiger partial charge in [0.2, 0.25) is 5.91 Å². The fourth-order valence-corrected chi connectivity index (χ4v) is 2.02. The van der Waals surface area contributed by atoms with Crippen LogP contribution in [0.25, 0.3) is 0 Å². The van der Waals surface area contributed by atoms with Gasteiger partial charge in [-0.2, -0.15) is 0 Å². The van der Waals surface area contributed by atoms with Crippen LogP contribution in [0.15, 0.2) is 12.2 Å². The molecule has 0 aromatic rings. The summed E-state index contributed by atoms with van der Waals surface area (Å²) in [4.78, 5) is 11.8. The van der Waals surface area contributed by atoms with Gasteiger partial charge in [0.25, 0.3) is 0 Å². The molecule has 15 heavy (non-hydrogen) atoms. The van der Waals surface area contributed by atoms with Crippen LogP contribution in [0.1, 0.15) is 40.0 Å². The first kappa shape index (κ1) is 12.3. The lowest BCUT2D eigenvalue weighted by Gasteiger charge is -2.14. The van der Waals surface area contributed by atoms with Gasteiger partial charge in [0.15, 0.2) is 0 Å². The number of allylic oxidation sites excluding steroid dienone is 2. The van der Waals surface area contributed by atoms with Crippen LogP contribution >= 0.6 is 0 Å². The molecule has 0 saturated heterocycles. The van der Waals surface area contributed by atoms with Crippen LogP contribution in [0.5, 0.6) is 0 Å². The number of rotatable bonds is 6. The van der Waals surface area contributed by atoms with E-state index in [0.717, 1.165) is 31.2 Å². The van der Waals surface area contributed by atoms with Crippen molar-refractivity contribution >= 4 is 5.91 Å². The highest BCUT2D eigenvalue weighted by Gasteiger charge is 2.35. The Kier molecular flexibility index (Phi) is 4.86. The normalized spacial score (nSPS) is 26.6. The molecule has 0 radical (unpaired) electrons. The summed E-state index contributed by atoms with van der Waals surface area (Å²) in [6.45, 7) is 7.00. The molecule has 2 heteroatoms. The van der Waals surface area contributed by atoms with Crippen LogP contribution in [0.2, 0.25) is 0 Å². The first-order chi connectivity index (χ1) is 7.19. The molecule has 86 valence electrons. The minimum atomic E-state index is 0.191. The third kappa shape index (κ3) is 4.06. The summed E-state index contributed by atoms with van der Waals surface area (Å²) in [7, 11) is 0. The predicted octanol–water partition coefficient (Wildman–Crippen LogP) is 2.75.